The Bertz CT molecular complexity index is 592. The van der Waals surface area contributed by atoms with Crippen molar-refractivity contribution >= 4 is 0 Å². The molecule has 1 aromatic rings. The second-order valence-corrected chi connectivity index (χ2v) is 7.84. The lowest BCUT2D eigenvalue weighted by molar-refractivity contribution is 0.0200. The summed E-state index contributed by atoms with van der Waals surface area (Å²) >= 11 is 0. The predicted molar refractivity (Wildman–Crippen MR) is 94.7 cm³/mol. The summed E-state index contributed by atoms with van der Waals surface area (Å²) in [5.41, 5.74) is 2.50. The normalized spacial score (nSPS) is 29.2. The second kappa shape index (κ2) is 6.68. The van der Waals surface area contributed by atoms with Gasteiger partial charge in [-0.2, -0.15) is 0 Å². The van der Waals surface area contributed by atoms with E-state index in [1.807, 2.05) is 12.1 Å². The maximum absolute atomic E-state index is 14.1. The van der Waals surface area contributed by atoms with E-state index >= 15 is 0 Å². The van der Waals surface area contributed by atoms with E-state index in [0.717, 1.165) is 24.0 Å². The van der Waals surface area contributed by atoms with Crippen molar-refractivity contribution in [1.29, 1.82) is 0 Å². The van der Waals surface area contributed by atoms with E-state index in [2.05, 4.69) is 25.7 Å². The molecule has 3 aliphatic rings. The summed E-state index contributed by atoms with van der Waals surface area (Å²) in [5.74, 6) is 6.76. The second-order valence-electron chi connectivity index (χ2n) is 7.84. The molecule has 124 valence electrons. The lowest BCUT2D eigenvalue weighted by Crippen LogP contribution is -2.40. The minimum atomic E-state index is -0.0922. The molecule has 3 saturated carbocycles. The van der Waals surface area contributed by atoms with Crippen molar-refractivity contribution in [1.82, 2.24) is 0 Å². The van der Waals surface area contributed by atoms with Crippen LogP contribution in [-0.2, 0) is 6.42 Å². The van der Waals surface area contributed by atoms with Crippen LogP contribution in [-0.4, -0.2) is 0 Å². The Balaban J connectivity index is 1.72. The van der Waals surface area contributed by atoms with Gasteiger partial charge >= 0.3 is 0 Å². The summed E-state index contributed by atoms with van der Waals surface area (Å²) in [4.78, 5) is 0. The fourth-order valence-electron chi connectivity index (χ4n) is 4.66. The van der Waals surface area contributed by atoms with E-state index in [1.54, 1.807) is 6.07 Å². The lowest BCUT2D eigenvalue weighted by atomic mass is 9.53. The summed E-state index contributed by atoms with van der Waals surface area (Å²) in [6.45, 7) is 4.39. The molecule has 0 aromatic heterocycles. The summed E-state index contributed by atoms with van der Waals surface area (Å²) in [6, 6.07) is 5.53. The Labute approximate surface area is 140 Å². The van der Waals surface area contributed by atoms with Crippen molar-refractivity contribution in [3.63, 3.8) is 0 Å². The van der Waals surface area contributed by atoms with Gasteiger partial charge in [0.2, 0.25) is 0 Å². The minimum absolute atomic E-state index is 0.0922. The van der Waals surface area contributed by atoms with E-state index in [9.17, 15) is 4.39 Å². The quantitative estimate of drug-likeness (QED) is 0.575. The average Bonchev–Trinajstić information content (AvgIpc) is 2.57. The fraction of sp³-hybridized carbons (Fsp3) is 0.636. The molecule has 23 heavy (non-hydrogen) atoms. The summed E-state index contributed by atoms with van der Waals surface area (Å²) in [7, 11) is 0. The van der Waals surface area contributed by atoms with Gasteiger partial charge in [0.25, 0.3) is 0 Å². The third kappa shape index (κ3) is 3.47. The molecule has 0 N–H and O–H groups in total. The first-order chi connectivity index (χ1) is 11.1. The first-order valence-electron chi connectivity index (χ1n) is 9.42. The van der Waals surface area contributed by atoms with Gasteiger partial charge in [0.05, 0.1) is 0 Å². The van der Waals surface area contributed by atoms with Gasteiger partial charge in [-0.15, -0.1) is 0 Å². The first-order valence-corrected chi connectivity index (χ1v) is 9.42. The molecule has 0 unspecified atom stereocenters. The highest BCUT2D eigenvalue weighted by Gasteiger charge is 2.47. The van der Waals surface area contributed by atoms with Gasteiger partial charge in [-0.1, -0.05) is 44.6 Å². The standard InChI is InChI=1S/C22H29F/c1-3-5-19-7-6-18(17-20(19)23)8-10-22-14-11-21(9-4-2,12-15-22)13-16-22/h6-7,17H,3-5,9,11-16H2,1-2H3. The van der Waals surface area contributed by atoms with Gasteiger partial charge in [-0.25, -0.2) is 4.39 Å². The summed E-state index contributed by atoms with van der Waals surface area (Å²) < 4.78 is 14.1. The molecule has 0 amide bonds. The van der Waals surface area contributed by atoms with Crippen LogP contribution in [0.5, 0.6) is 0 Å². The van der Waals surface area contributed by atoms with Gasteiger partial charge in [-0.3, -0.25) is 0 Å². The first kappa shape index (κ1) is 16.6. The van der Waals surface area contributed by atoms with Crippen molar-refractivity contribution in [3.05, 3.63) is 35.1 Å². The third-order valence-electron chi connectivity index (χ3n) is 6.23. The van der Waals surface area contributed by atoms with Crippen LogP contribution in [0.3, 0.4) is 0 Å². The Morgan fingerprint density at radius 3 is 2.26 bits per heavy atom. The molecular formula is C22H29F. The van der Waals surface area contributed by atoms with Crippen molar-refractivity contribution in [2.75, 3.05) is 0 Å². The van der Waals surface area contributed by atoms with Crippen LogP contribution in [0, 0.1) is 28.5 Å². The molecule has 0 heterocycles. The smallest absolute Gasteiger partial charge is 0.127 e. The van der Waals surface area contributed by atoms with Crippen LogP contribution >= 0.6 is 0 Å². The van der Waals surface area contributed by atoms with Gasteiger partial charge in [0.15, 0.2) is 0 Å². The van der Waals surface area contributed by atoms with Crippen LogP contribution in [0.4, 0.5) is 4.39 Å². The van der Waals surface area contributed by atoms with Crippen LogP contribution in [0.25, 0.3) is 0 Å². The SMILES string of the molecule is CCCc1ccc(C#CC23CCC(CCC)(CC2)CC3)cc1F. The van der Waals surface area contributed by atoms with E-state index in [4.69, 9.17) is 0 Å². The van der Waals surface area contributed by atoms with Gasteiger partial charge in [-0.05, 0) is 74.5 Å². The number of benzene rings is 1. The lowest BCUT2D eigenvalue weighted by Gasteiger charge is -2.51. The molecule has 3 aliphatic carbocycles. The molecule has 0 nitrogen and oxygen atoms in total. The average molecular weight is 312 g/mol. The zero-order valence-electron chi connectivity index (χ0n) is 14.7. The maximum Gasteiger partial charge on any atom is 0.127 e. The topological polar surface area (TPSA) is 0 Å². The molecule has 1 heteroatoms. The molecule has 0 saturated heterocycles. The largest absolute Gasteiger partial charge is 0.207 e. The molecule has 0 spiro atoms. The van der Waals surface area contributed by atoms with Crippen LogP contribution < -0.4 is 0 Å². The van der Waals surface area contributed by atoms with Crippen molar-refractivity contribution < 1.29 is 4.39 Å². The third-order valence-corrected chi connectivity index (χ3v) is 6.23. The van der Waals surface area contributed by atoms with Crippen LogP contribution in [0.15, 0.2) is 18.2 Å². The highest BCUT2D eigenvalue weighted by Crippen LogP contribution is 2.58. The number of halogens is 1. The van der Waals surface area contributed by atoms with Gasteiger partial charge < -0.3 is 0 Å². The Kier molecular flexibility index (Phi) is 4.81. The van der Waals surface area contributed by atoms with Crippen molar-refractivity contribution in [2.45, 2.75) is 78.1 Å². The Morgan fingerprint density at radius 1 is 1.00 bits per heavy atom. The molecule has 4 rings (SSSR count). The number of aryl methyl sites for hydroxylation is 1. The molecular weight excluding hydrogens is 283 g/mol. The number of rotatable bonds is 4. The van der Waals surface area contributed by atoms with E-state index < -0.39 is 0 Å². The van der Waals surface area contributed by atoms with Crippen LogP contribution in [0.2, 0.25) is 0 Å². The fourth-order valence-corrected chi connectivity index (χ4v) is 4.66. The molecule has 0 atom stereocenters. The van der Waals surface area contributed by atoms with Gasteiger partial charge in [0.1, 0.15) is 5.82 Å². The maximum atomic E-state index is 14.1. The molecule has 0 aliphatic heterocycles. The van der Waals surface area contributed by atoms with Crippen molar-refractivity contribution in [3.8, 4) is 11.8 Å². The summed E-state index contributed by atoms with van der Waals surface area (Å²) in [6.07, 6.45) is 12.3. The number of fused-ring (bicyclic) bond motifs is 3. The predicted octanol–water partition coefficient (Wildman–Crippen LogP) is 6.27. The Morgan fingerprint density at radius 2 is 1.70 bits per heavy atom. The highest BCUT2D eigenvalue weighted by atomic mass is 19.1. The highest BCUT2D eigenvalue weighted by molar-refractivity contribution is 5.38. The summed E-state index contributed by atoms with van der Waals surface area (Å²) in [5, 5.41) is 0. The minimum Gasteiger partial charge on any atom is -0.207 e. The monoisotopic (exact) mass is 312 g/mol. The van der Waals surface area contributed by atoms with E-state index in [0.29, 0.717) is 5.41 Å². The molecule has 0 radical (unpaired) electrons. The zero-order valence-corrected chi connectivity index (χ0v) is 14.7. The number of hydrogen-bond donors (Lipinski definition) is 0. The number of hydrogen-bond acceptors (Lipinski definition) is 0. The van der Waals surface area contributed by atoms with Gasteiger partial charge in [0, 0.05) is 11.0 Å². The van der Waals surface area contributed by atoms with E-state index in [1.165, 1.54) is 51.4 Å². The molecule has 1 aromatic carbocycles. The van der Waals surface area contributed by atoms with Crippen molar-refractivity contribution in [2.24, 2.45) is 10.8 Å². The zero-order chi connectivity index (χ0) is 16.3. The van der Waals surface area contributed by atoms with Crippen LogP contribution in [0.1, 0.15) is 82.8 Å². The van der Waals surface area contributed by atoms with E-state index in [-0.39, 0.29) is 11.2 Å². The Hall–Kier alpha value is -1.29. The molecule has 3 fully saturated rings. The molecule has 2 bridgehead atoms.